The van der Waals surface area contributed by atoms with E-state index >= 15 is 0 Å². The quantitative estimate of drug-likeness (QED) is 0.866. The molecule has 0 atom stereocenters. The number of pyridine rings is 1. The topological polar surface area (TPSA) is 38.9 Å². The highest BCUT2D eigenvalue weighted by atomic mass is 79.9. The zero-order valence-corrected chi connectivity index (χ0v) is 10.1. The first-order valence-corrected chi connectivity index (χ1v) is 5.51. The second-order valence-electron chi connectivity index (χ2n) is 3.10. The number of nitrogens with two attached hydrogens (primary N) is 1. The Morgan fingerprint density at radius 2 is 2.07 bits per heavy atom. The van der Waals surface area contributed by atoms with E-state index in [0.29, 0.717) is 10.7 Å². The minimum atomic E-state index is 0.626. The lowest BCUT2D eigenvalue weighted by Gasteiger charge is -2.03. The number of nitrogen functional groups attached to an aromatic ring is 1. The Morgan fingerprint density at radius 1 is 1.27 bits per heavy atom. The summed E-state index contributed by atoms with van der Waals surface area (Å²) in [6, 6.07) is 9.42. The van der Waals surface area contributed by atoms with Crippen molar-refractivity contribution in [2.24, 2.45) is 0 Å². The fraction of sp³-hybridized carbons (Fsp3) is 0. The van der Waals surface area contributed by atoms with Crippen molar-refractivity contribution in [1.82, 2.24) is 4.98 Å². The van der Waals surface area contributed by atoms with Crippen LogP contribution >= 0.6 is 27.5 Å². The lowest BCUT2D eigenvalue weighted by molar-refractivity contribution is 1.32. The van der Waals surface area contributed by atoms with Crippen molar-refractivity contribution in [1.29, 1.82) is 0 Å². The van der Waals surface area contributed by atoms with Gasteiger partial charge in [-0.25, -0.2) is 0 Å². The summed E-state index contributed by atoms with van der Waals surface area (Å²) in [6.07, 6.45) is 1.63. The van der Waals surface area contributed by atoms with Crippen LogP contribution in [-0.4, -0.2) is 4.98 Å². The smallest absolute Gasteiger partial charge is 0.0715 e. The van der Waals surface area contributed by atoms with E-state index in [9.17, 15) is 0 Å². The average Bonchev–Trinajstić information content (AvgIpc) is 2.22. The SMILES string of the molecule is Nc1cnc(-c2cccc(Cl)c2)cc1Br. The van der Waals surface area contributed by atoms with Gasteiger partial charge in [0.2, 0.25) is 0 Å². The van der Waals surface area contributed by atoms with Gasteiger partial charge in [0.15, 0.2) is 0 Å². The number of halogens is 2. The van der Waals surface area contributed by atoms with Crippen molar-refractivity contribution < 1.29 is 0 Å². The molecule has 0 unspecified atom stereocenters. The monoisotopic (exact) mass is 282 g/mol. The molecular weight excluding hydrogens is 275 g/mol. The molecule has 76 valence electrons. The van der Waals surface area contributed by atoms with Crippen LogP contribution in [0.15, 0.2) is 41.0 Å². The zero-order valence-electron chi connectivity index (χ0n) is 7.74. The zero-order chi connectivity index (χ0) is 10.8. The van der Waals surface area contributed by atoms with Gasteiger partial charge < -0.3 is 5.73 Å². The number of hydrogen-bond acceptors (Lipinski definition) is 2. The van der Waals surface area contributed by atoms with Gasteiger partial charge in [-0.3, -0.25) is 4.98 Å². The molecule has 4 heteroatoms. The Kier molecular flexibility index (Phi) is 2.93. The van der Waals surface area contributed by atoms with Gasteiger partial charge >= 0.3 is 0 Å². The predicted octanol–water partition coefficient (Wildman–Crippen LogP) is 3.75. The van der Waals surface area contributed by atoms with Crippen LogP contribution in [-0.2, 0) is 0 Å². The molecule has 0 spiro atoms. The Bertz CT molecular complexity index is 500. The number of rotatable bonds is 1. The third kappa shape index (κ3) is 2.30. The van der Waals surface area contributed by atoms with E-state index < -0.39 is 0 Å². The second-order valence-corrected chi connectivity index (χ2v) is 4.39. The maximum absolute atomic E-state index is 5.90. The van der Waals surface area contributed by atoms with Gasteiger partial charge in [-0.05, 0) is 34.1 Å². The van der Waals surface area contributed by atoms with Crippen molar-refractivity contribution in [2.75, 3.05) is 5.73 Å². The maximum Gasteiger partial charge on any atom is 0.0715 e. The number of anilines is 1. The summed E-state index contributed by atoms with van der Waals surface area (Å²) in [4.78, 5) is 4.24. The number of aromatic nitrogens is 1. The highest BCUT2D eigenvalue weighted by Crippen LogP contribution is 2.26. The largest absolute Gasteiger partial charge is 0.397 e. The molecule has 0 aliphatic heterocycles. The average molecular weight is 284 g/mol. The summed E-state index contributed by atoms with van der Waals surface area (Å²) < 4.78 is 0.840. The first-order chi connectivity index (χ1) is 7.16. The summed E-state index contributed by atoms with van der Waals surface area (Å²) >= 11 is 9.27. The molecule has 0 aliphatic carbocycles. The van der Waals surface area contributed by atoms with Crippen molar-refractivity contribution in [3.63, 3.8) is 0 Å². The highest BCUT2D eigenvalue weighted by molar-refractivity contribution is 9.10. The molecule has 2 N–H and O–H groups in total. The summed E-state index contributed by atoms with van der Waals surface area (Å²) in [7, 11) is 0. The molecule has 2 rings (SSSR count). The second kappa shape index (κ2) is 4.21. The summed E-state index contributed by atoms with van der Waals surface area (Å²) in [5.74, 6) is 0. The van der Waals surface area contributed by atoms with Crippen molar-refractivity contribution in [3.05, 3.63) is 46.0 Å². The van der Waals surface area contributed by atoms with Crippen LogP contribution in [0.1, 0.15) is 0 Å². The van der Waals surface area contributed by atoms with E-state index in [-0.39, 0.29) is 0 Å². The van der Waals surface area contributed by atoms with Crippen LogP contribution in [0.4, 0.5) is 5.69 Å². The summed E-state index contributed by atoms with van der Waals surface area (Å²) in [5.41, 5.74) is 8.11. The molecule has 0 aliphatic rings. The fourth-order valence-electron chi connectivity index (χ4n) is 1.25. The first-order valence-electron chi connectivity index (χ1n) is 4.34. The molecule has 1 aromatic heterocycles. The number of benzene rings is 1. The van der Waals surface area contributed by atoms with Crippen LogP contribution in [0, 0.1) is 0 Å². The van der Waals surface area contributed by atoms with Crippen molar-refractivity contribution in [2.45, 2.75) is 0 Å². The van der Waals surface area contributed by atoms with Crippen LogP contribution in [0.3, 0.4) is 0 Å². The molecule has 15 heavy (non-hydrogen) atoms. The molecule has 0 fully saturated rings. The highest BCUT2D eigenvalue weighted by Gasteiger charge is 2.02. The summed E-state index contributed by atoms with van der Waals surface area (Å²) in [5, 5.41) is 0.697. The van der Waals surface area contributed by atoms with Gasteiger partial charge in [0.05, 0.1) is 17.6 Å². The molecule has 0 radical (unpaired) electrons. The van der Waals surface area contributed by atoms with E-state index in [2.05, 4.69) is 20.9 Å². The Balaban J connectivity index is 2.50. The van der Waals surface area contributed by atoms with Crippen molar-refractivity contribution in [3.8, 4) is 11.3 Å². The van der Waals surface area contributed by atoms with E-state index in [1.54, 1.807) is 6.20 Å². The van der Waals surface area contributed by atoms with Crippen LogP contribution < -0.4 is 5.73 Å². The number of hydrogen-bond donors (Lipinski definition) is 1. The first kappa shape index (κ1) is 10.5. The standard InChI is InChI=1S/C11H8BrClN2/c12-9-5-11(15-6-10(9)14)7-2-1-3-8(13)4-7/h1-6H,14H2. The van der Waals surface area contributed by atoms with Crippen molar-refractivity contribution >= 4 is 33.2 Å². The van der Waals surface area contributed by atoms with E-state index in [1.807, 2.05) is 30.3 Å². The van der Waals surface area contributed by atoms with E-state index in [1.165, 1.54) is 0 Å². The molecule has 2 nitrogen and oxygen atoms in total. The third-order valence-corrected chi connectivity index (χ3v) is 2.92. The molecule has 1 aromatic carbocycles. The van der Waals surface area contributed by atoms with Crippen LogP contribution in [0.25, 0.3) is 11.3 Å². The molecule has 0 saturated heterocycles. The van der Waals surface area contributed by atoms with Gasteiger partial charge in [-0.15, -0.1) is 0 Å². The van der Waals surface area contributed by atoms with Crippen LogP contribution in [0.5, 0.6) is 0 Å². The van der Waals surface area contributed by atoms with Gasteiger partial charge in [0.25, 0.3) is 0 Å². The molecule has 0 bridgehead atoms. The fourth-order valence-corrected chi connectivity index (χ4v) is 1.76. The lowest BCUT2D eigenvalue weighted by atomic mass is 10.1. The Morgan fingerprint density at radius 3 is 2.73 bits per heavy atom. The minimum absolute atomic E-state index is 0.626. The third-order valence-electron chi connectivity index (χ3n) is 2.00. The Hall–Kier alpha value is -1.06. The van der Waals surface area contributed by atoms with E-state index in [4.69, 9.17) is 17.3 Å². The lowest BCUT2D eigenvalue weighted by Crippen LogP contribution is -1.90. The van der Waals surface area contributed by atoms with Gasteiger partial charge in [-0.2, -0.15) is 0 Å². The maximum atomic E-state index is 5.90. The van der Waals surface area contributed by atoms with Gasteiger partial charge in [0, 0.05) is 15.1 Å². The molecule has 0 saturated carbocycles. The summed E-state index contributed by atoms with van der Waals surface area (Å²) in [6.45, 7) is 0. The minimum Gasteiger partial charge on any atom is -0.397 e. The molecule has 2 aromatic rings. The normalized spacial score (nSPS) is 10.3. The number of nitrogens with zero attached hydrogens (tertiary/aromatic N) is 1. The predicted molar refractivity (Wildman–Crippen MR) is 66.8 cm³/mol. The van der Waals surface area contributed by atoms with Gasteiger partial charge in [0.1, 0.15) is 0 Å². The molecule has 1 heterocycles. The molecule has 0 amide bonds. The van der Waals surface area contributed by atoms with Crippen LogP contribution in [0.2, 0.25) is 5.02 Å². The molecular formula is C11H8BrClN2. The van der Waals surface area contributed by atoms with Gasteiger partial charge in [-0.1, -0.05) is 23.7 Å². The van der Waals surface area contributed by atoms with E-state index in [0.717, 1.165) is 15.7 Å². The Labute approximate surface area is 101 Å².